The lowest BCUT2D eigenvalue weighted by molar-refractivity contribution is 0.578. The highest BCUT2D eigenvalue weighted by molar-refractivity contribution is 7.89. The van der Waals surface area contributed by atoms with Gasteiger partial charge in [-0.25, -0.2) is 8.42 Å². The van der Waals surface area contributed by atoms with Crippen LogP contribution < -0.4 is 15.6 Å². The molecule has 0 aliphatic rings. The zero-order chi connectivity index (χ0) is 16.2. The lowest BCUT2D eigenvalue weighted by Crippen LogP contribution is -2.43. The molecule has 8 heteroatoms. The number of hydrogen-bond donors (Lipinski definition) is 3. The van der Waals surface area contributed by atoms with E-state index in [1.807, 2.05) is 6.92 Å². The molecule has 0 saturated heterocycles. The summed E-state index contributed by atoms with van der Waals surface area (Å²) in [6.45, 7) is 1.88. The van der Waals surface area contributed by atoms with Gasteiger partial charge in [0.15, 0.2) is 5.11 Å². The molecule has 116 valence electrons. The number of hydrogen-bond acceptors (Lipinski definition) is 3. The number of nitrogens with one attached hydrogen (secondary N) is 3. The number of sulfonamides is 1. The molecule has 0 aliphatic carbocycles. The van der Waals surface area contributed by atoms with Gasteiger partial charge in [0.1, 0.15) is 0 Å². The van der Waals surface area contributed by atoms with E-state index in [0.29, 0.717) is 10.7 Å². The van der Waals surface area contributed by atoms with E-state index in [0.717, 1.165) is 5.56 Å². The van der Waals surface area contributed by atoms with E-state index in [4.69, 9.17) is 23.8 Å². The molecule has 5 nitrogen and oxygen atoms in total. The van der Waals surface area contributed by atoms with Gasteiger partial charge in [-0.2, -0.15) is 0 Å². The van der Waals surface area contributed by atoms with E-state index >= 15 is 0 Å². The van der Waals surface area contributed by atoms with Crippen LogP contribution in [0.1, 0.15) is 5.56 Å². The molecule has 0 unspecified atom stereocenters. The molecular formula is C14H14ClN3O2S2. The lowest BCUT2D eigenvalue weighted by Gasteiger charge is -2.12. The van der Waals surface area contributed by atoms with E-state index in [2.05, 4.69) is 15.6 Å². The summed E-state index contributed by atoms with van der Waals surface area (Å²) in [4.78, 5) is 2.37. The minimum Gasteiger partial charge on any atom is -0.332 e. The van der Waals surface area contributed by atoms with Gasteiger partial charge in [-0.15, -0.1) is 4.83 Å². The predicted octanol–water partition coefficient (Wildman–Crippen LogP) is 2.83. The number of hydrazine groups is 1. The van der Waals surface area contributed by atoms with Crippen molar-refractivity contribution in [2.45, 2.75) is 11.8 Å². The van der Waals surface area contributed by atoms with Crippen molar-refractivity contribution in [2.75, 3.05) is 5.32 Å². The van der Waals surface area contributed by atoms with E-state index in [9.17, 15) is 8.42 Å². The molecule has 0 spiro atoms. The third-order valence-corrected chi connectivity index (χ3v) is 4.45. The summed E-state index contributed by atoms with van der Waals surface area (Å²) in [6, 6.07) is 13.3. The molecule has 0 fully saturated rings. The van der Waals surface area contributed by atoms with Crippen LogP contribution in [0.25, 0.3) is 0 Å². The summed E-state index contributed by atoms with van der Waals surface area (Å²) in [6.07, 6.45) is 0. The highest BCUT2D eigenvalue weighted by Crippen LogP contribution is 2.13. The number of rotatable bonds is 4. The second kappa shape index (κ2) is 7.06. The Bertz CT molecular complexity index is 760. The number of thiocarbonyl (C=S) groups is 1. The first-order chi connectivity index (χ1) is 10.4. The van der Waals surface area contributed by atoms with Crippen molar-refractivity contribution < 1.29 is 8.42 Å². The zero-order valence-electron chi connectivity index (χ0n) is 11.6. The summed E-state index contributed by atoms with van der Waals surface area (Å²) >= 11 is 10.8. The average molecular weight is 356 g/mol. The van der Waals surface area contributed by atoms with Gasteiger partial charge in [0.05, 0.1) is 4.90 Å². The van der Waals surface area contributed by atoms with Crippen molar-refractivity contribution >= 4 is 44.6 Å². The van der Waals surface area contributed by atoms with Crippen LogP contribution >= 0.6 is 23.8 Å². The molecule has 3 N–H and O–H groups in total. The van der Waals surface area contributed by atoms with Gasteiger partial charge in [-0.05, 0) is 55.5 Å². The highest BCUT2D eigenvalue weighted by atomic mass is 35.5. The quantitative estimate of drug-likeness (QED) is 0.581. The molecule has 22 heavy (non-hydrogen) atoms. The first-order valence-corrected chi connectivity index (χ1v) is 8.55. The smallest absolute Gasteiger partial charge is 0.257 e. The molecule has 2 aromatic rings. The molecule has 0 amide bonds. The van der Waals surface area contributed by atoms with Gasteiger partial charge in [-0.1, -0.05) is 29.3 Å². The molecule has 0 aromatic heterocycles. The minimum atomic E-state index is -3.68. The van der Waals surface area contributed by atoms with Gasteiger partial charge >= 0.3 is 0 Å². The molecule has 0 aliphatic heterocycles. The summed E-state index contributed by atoms with van der Waals surface area (Å²) in [5, 5.41) is 3.56. The Hall–Kier alpha value is -1.67. The lowest BCUT2D eigenvalue weighted by atomic mass is 10.2. The topological polar surface area (TPSA) is 70.2 Å². The standard InChI is InChI=1S/C14H14ClN3O2S2/c1-10-2-8-13(9-3-10)22(19,20)18-17-14(21)16-12-6-4-11(15)5-7-12/h2-9,18H,1H3,(H2,16,17,21). The molecular weight excluding hydrogens is 342 g/mol. The van der Waals surface area contributed by atoms with Crippen molar-refractivity contribution in [1.82, 2.24) is 10.3 Å². The Morgan fingerprint density at radius 1 is 1.05 bits per heavy atom. The molecule has 0 heterocycles. The minimum absolute atomic E-state index is 0.123. The van der Waals surface area contributed by atoms with Crippen molar-refractivity contribution in [3.63, 3.8) is 0 Å². The van der Waals surface area contributed by atoms with Gasteiger partial charge in [-0.3, -0.25) is 5.43 Å². The Morgan fingerprint density at radius 2 is 1.64 bits per heavy atom. The maximum absolute atomic E-state index is 12.1. The number of aryl methyl sites for hydroxylation is 1. The summed E-state index contributed by atoms with van der Waals surface area (Å²) in [5.41, 5.74) is 4.12. The maximum Gasteiger partial charge on any atom is 0.257 e. The van der Waals surface area contributed by atoms with Crippen LogP contribution in [0.15, 0.2) is 53.4 Å². The zero-order valence-corrected chi connectivity index (χ0v) is 14.0. The average Bonchev–Trinajstić information content (AvgIpc) is 2.48. The molecule has 0 saturated carbocycles. The molecule has 0 bridgehead atoms. The number of halogens is 1. The Labute approximate surface area is 139 Å². The van der Waals surface area contributed by atoms with Crippen LogP contribution in [-0.4, -0.2) is 13.5 Å². The fourth-order valence-electron chi connectivity index (χ4n) is 1.59. The Balaban J connectivity index is 1.95. The van der Waals surface area contributed by atoms with Crippen molar-refractivity contribution in [3.05, 3.63) is 59.1 Å². The third kappa shape index (κ3) is 4.67. The van der Waals surface area contributed by atoms with E-state index < -0.39 is 10.0 Å². The van der Waals surface area contributed by atoms with E-state index in [1.54, 1.807) is 36.4 Å². The van der Waals surface area contributed by atoms with E-state index in [1.165, 1.54) is 12.1 Å². The molecule has 2 rings (SSSR count). The monoisotopic (exact) mass is 355 g/mol. The fraction of sp³-hybridized carbons (Fsp3) is 0.0714. The first kappa shape index (κ1) is 16.7. The molecule has 2 aromatic carbocycles. The van der Waals surface area contributed by atoms with Crippen LogP contribution in [-0.2, 0) is 10.0 Å². The summed E-state index contributed by atoms with van der Waals surface area (Å²) in [7, 11) is -3.68. The van der Waals surface area contributed by atoms with E-state index in [-0.39, 0.29) is 10.0 Å². The van der Waals surface area contributed by atoms with Crippen LogP contribution in [0.5, 0.6) is 0 Å². The van der Waals surface area contributed by atoms with Gasteiger partial charge < -0.3 is 5.32 Å². The van der Waals surface area contributed by atoms with Crippen molar-refractivity contribution in [3.8, 4) is 0 Å². The van der Waals surface area contributed by atoms with Crippen molar-refractivity contribution in [2.24, 2.45) is 0 Å². The Kier molecular flexibility index (Phi) is 5.36. The molecule has 0 atom stereocenters. The van der Waals surface area contributed by atoms with Crippen LogP contribution in [0, 0.1) is 6.92 Å². The van der Waals surface area contributed by atoms with Crippen LogP contribution in [0.3, 0.4) is 0 Å². The third-order valence-electron chi connectivity index (χ3n) is 2.73. The summed E-state index contributed by atoms with van der Waals surface area (Å²) in [5.74, 6) is 0. The molecule has 0 radical (unpaired) electrons. The highest BCUT2D eigenvalue weighted by Gasteiger charge is 2.13. The normalized spacial score (nSPS) is 11.0. The largest absolute Gasteiger partial charge is 0.332 e. The second-order valence-electron chi connectivity index (χ2n) is 4.50. The predicted molar refractivity (Wildman–Crippen MR) is 92.3 cm³/mol. The fourth-order valence-corrected chi connectivity index (χ4v) is 2.79. The maximum atomic E-state index is 12.1. The van der Waals surface area contributed by atoms with Gasteiger partial charge in [0, 0.05) is 10.7 Å². The van der Waals surface area contributed by atoms with Gasteiger partial charge in [0.25, 0.3) is 10.0 Å². The van der Waals surface area contributed by atoms with Crippen LogP contribution in [0.2, 0.25) is 5.02 Å². The van der Waals surface area contributed by atoms with Crippen molar-refractivity contribution in [1.29, 1.82) is 0 Å². The Morgan fingerprint density at radius 3 is 2.23 bits per heavy atom. The SMILES string of the molecule is Cc1ccc(S(=O)(=O)NNC(=S)Nc2ccc(Cl)cc2)cc1. The number of anilines is 1. The van der Waals surface area contributed by atoms with Gasteiger partial charge in [0.2, 0.25) is 0 Å². The first-order valence-electron chi connectivity index (χ1n) is 6.28. The summed E-state index contributed by atoms with van der Waals surface area (Å²) < 4.78 is 24.1. The second-order valence-corrected chi connectivity index (χ2v) is 7.03. The van der Waals surface area contributed by atoms with Crippen LogP contribution in [0.4, 0.5) is 5.69 Å². The number of benzene rings is 2.